The largest absolute Gasteiger partial charge is 0.462 e. The summed E-state index contributed by atoms with van der Waals surface area (Å²) in [7, 11) is 0. The van der Waals surface area contributed by atoms with Gasteiger partial charge in [0, 0.05) is 12.8 Å². The summed E-state index contributed by atoms with van der Waals surface area (Å²) in [4.78, 5) is 25.0. The third kappa shape index (κ3) is 21.9. The molecule has 4 N–H and O–H groups in total. The first-order chi connectivity index (χ1) is 22.8. The highest BCUT2D eigenvalue weighted by Gasteiger charge is 2.44. The molecule has 0 radical (unpaired) electrons. The van der Waals surface area contributed by atoms with Gasteiger partial charge in [0.05, 0.1) is 13.2 Å². The zero-order chi connectivity index (χ0) is 34.5. The van der Waals surface area contributed by atoms with E-state index in [2.05, 4.69) is 26.0 Å². The maximum Gasteiger partial charge on any atom is 0.306 e. The van der Waals surface area contributed by atoms with Crippen molar-refractivity contribution in [3.8, 4) is 0 Å². The van der Waals surface area contributed by atoms with Gasteiger partial charge in [-0.15, -0.1) is 0 Å². The summed E-state index contributed by atoms with van der Waals surface area (Å²) in [6.45, 7) is 3.32. The number of carbonyl (C=O) groups excluding carboxylic acids is 2. The number of carbonyl (C=O) groups is 2. The fourth-order valence-corrected chi connectivity index (χ4v) is 5.59. The summed E-state index contributed by atoms with van der Waals surface area (Å²) in [6, 6.07) is 0. The fraction of sp³-hybridized carbons (Fsp3) is 0.892. The van der Waals surface area contributed by atoms with Crippen LogP contribution in [0.15, 0.2) is 12.2 Å². The van der Waals surface area contributed by atoms with Crippen molar-refractivity contribution in [3.05, 3.63) is 12.2 Å². The molecule has 1 aliphatic heterocycles. The molecule has 1 heterocycles. The van der Waals surface area contributed by atoms with Gasteiger partial charge >= 0.3 is 11.9 Å². The number of esters is 2. The van der Waals surface area contributed by atoms with Gasteiger partial charge in [-0.25, -0.2) is 0 Å². The van der Waals surface area contributed by atoms with E-state index in [0.29, 0.717) is 6.42 Å². The molecule has 0 aliphatic carbocycles. The van der Waals surface area contributed by atoms with E-state index in [-0.39, 0.29) is 32.0 Å². The van der Waals surface area contributed by atoms with Crippen molar-refractivity contribution in [1.82, 2.24) is 0 Å². The van der Waals surface area contributed by atoms with E-state index in [1.807, 2.05) is 0 Å². The average molecular weight is 673 g/mol. The molecular weight excluding hydrogens is 604 g/mol. The van der Waals surface area contributed by atoms with Crippen molar-refractivity contribution < 1.29 is 49.0 Å². The van der Waals surface area contributed by atoms with Gasteiger partial charge in [-0.3, -0.25) is 9.59 Å². The van der Waals surface area contributed by atoms with Crippen LogP contribution < -0.4 is 0 Å². The van der Waals surface area contributed by atoms with Crippen LogP contribution >= 0.6 is 0 Å². The second-order valence-corrected chi connectivity index (χ2v) is 13.0. The number of rotatable bonds is 30. The van der Waals surface area contributed by atoms with Crippen molar-refractivity contribution in [1.29, 1.82) is 0 Å². The Labute approximate surface area is 284 Å². The number of unbranched alkanes of at least 4 members (excludes halogenated alkanes) is 17. The molecule has 6 unspecified atom stereocenters. The predicted molar refractivity (Wildman–Crippen MR) is 183 cm³/mol. The SMILES string of the molecule is CCCCCCCCC/C=C\CCCCCCCC(=O)OC(COC(=O)CCCCCCCC)COC1OC(CO)C(O)C(O)C1O. The lowest BCUT2D eigenvalue weighted by molar-refractivity contribution is -0.305. The van der Waals surface area contributed by atoms with Crippen LogP contribution in [0.3, 0.4) is 0 Å². The molecule has 10 nitrogen and oxygen atoms in total. The molecule has 1 saturated heterocycles. The smallest absolute Gasteiger partial charge is 0.306 e. The number of aliphatic hydroxyl groups excluding tert-OH is 4. The third-order valence-electron chi connectivity index (χ3n) is 8.65. The molecule has 0 aromatic carbocycles. The fourth-order valence-electron chi connectivity index (χ4n) is 5.59. The Morgan fingerprint density at radius 2 is 1.13 bits per heavy atom. The number of allylic oxidation sites excluding steroid dienone is 2. The van der Waals surface area contributed by atoms with Crippen LogP contribution in [0.5, 0.6) is 0 Å². The average Bonchev–Trinajstić information content (AvgIpc) is 3.07. The van der Waals surface area contributed by atoms with Gasteiger partial charge < -0.3 is 39.4 Å². The maximum absolute atomic E-state index is 12.6. The summed E-state index contributed by atoms with van der Waals surface area (Å²) in [6.07, 6.45) is 19.7. The van der Waals surface area contributed by atoms with Gasteiger partial charge in [-0.1, -0.05) is 116 Å². The molecule has 1 rings (SSSR count). The van der Waals surface area contributed by atoms with Crippen LogP contribution in [-0.4, -0.2) is 89.0 Å². The van der Waals surface area contributed by atoms with E-state index in [1.165, 1.54) is 57.8 Å². The molecule has 0 aromatic rings. The summed E-state index contributed by atoms with van der Waals surface area (Å²) in [5, 5.41) is 39.8. The van der Waals surface area contributed by atoms with Gasteiger partial charge in [-0.05, 0) is 38.5 Å². The highest BCUT2D eigenvalue weighted by atomic mass is 16.7. The topological polar surface area (TPSA) is 152 Å². The van der Waals surface area contributed by atoms with Gasteiger partial charge in [0.25, 0.3) is 0 Å². The van der Waals surface area contributed by atoms with Crippen molar-refractivity contribution in [2.24, 2.45) is 0 Å². The van der Waals surface area contributed by atoms with E-state index >= 15 is 0 Å². The van der Waals surface area contributed by atoms with E-state index in [9.17, 15) is 30.0 Å². The Balaban J connectivity index is 2.36. The van der Waals surface area contributed by atoms with E-state index in [1.54, 1.807) is 0 Å². The van der Waals surface area contributed by atoms with Gasteiger partial charge in [0.2, 0.25) is 0 Å². The highest BCUT2D eigenvalue weighted by Crippen LogP contribution is 2.22. The first-order valence-corrected chi connectivity index (χ1v) is 18.8. The first kappa shape index (κ1) is 43.5. The molecule has 0 spiro atoms. The Kier molecular flexibility index (Phi) is 27.2. The monoisotopic (exact) mass is 672 g/mol. The Morgan fingerprint density at radius 3 is 1.66 bits per heavy atom. The summed E-state index contributed by atoms with van der Waals surface area (Å²) >= 11 is 0. The zero-order valence-corrected chi connectivity index (χ0v) is 29.5. The molecule has 47 heavy (non-hydrogen) atoms. The van der Waals surface area contributed by atoms with Crippen LogP contribution in [0.25, 0.3) is 0 Å². The van der Waals surface area contributed by atoms with Crippen molar-refractivity contribution >= 4 is 11.9 Å². The van der Waals surface area contributed by atoms with E-state index in [4.69, 9.17) is 18.9 Å². The van der Waals surface area contributed by atoms with Crippen molar-refractivity contribution in [2.75, 3.05) is 19.8 Å². The molecule has 1 aliphatic rings. The number of hydrogen-bond acceptors (Lipinski definition) is 10. The van der Waals surface area contributed by atoms with E-state index < -0.39 is 49.4 Å². The Morgan fingerprint density at radius 1 is 0.638 bits per heavy atom. The predicted octanol–water partition coefficient (Wildman–Crippen LogP) is 6.44. The normalized spacial score (nSPS) is 22.0. The van der Waals surface area contributed by atoms with Crippen LogP contribution in [0.2, 0.25) is 0 Å². The minimum Gasteiger partial charge on any atom is -0.462 e. The lowest BCUT2D eigenvalue weighted by Crippen LogP contribution is -2.59. The second kappa shape index (κ2) is 29.4. The van der Waals surface area contributed by atoms with Crippen LogP contribution in [-0.2, 0) is 28.5 Å². The summed E-state index contributed by atoms with van der Waals surface area (Å²) in [5.74, 6) is -0.824. The molecule has 6 atom stereocenters. The lowest BCUT2D eigenvalue weighted by atomic mass is 9.99. The standard InChI is InChI=1S/C37H68O10/c1-3-5-7-9-11-12-13-14-15-16-17-18-19-20-22-24-26-33(40)46-30(28-44-32(39)25-23-21-10-8-6-4-2)29-45-37-36(43)35(42)34(41)31(27-38)47-37/h15-16,30-31,34-38,41-43H,3-14,17-29H2,1-2H3/b16-15-. The first-order valence-electron chi connectivity index (χ1n) is 18.8. The Bertz CT molecular complexity index is 789. The van der Waals surface area contributed by atoms with E-state index in [0.717, 1.165) is 64.2 Å². The highest BCUT2D eigenvalue weighted by molar-refractivity contribution is 5.70. The van der Waals surface area contributed by atoms with Gasteiger partial charge in [-0.2, -0.15) is 0 Å². The van der Waals surface area contributed by atoms with Crippen LogP contribution in [0.1, 0.15) is 155 Å². The molecule has 0 amide bonds. The molecule has 0 saturated carbocycles. The number of hydrogen-bond donors (Lipinski definition) is 4. The van der Waals surface area contributed by atoms with Gasteiger partial charge in [0.1, 0.15) is 31.0 Å². The van der Waals surface area contributed by atoms with Crippen LogP contribution in [0, 0.1) is 0 Å². The zero-order valence-electron chi connectivity index (χ0n) is 29.5. The third-order valence-corrected chi connectivity index (χ3v) is 8.65. The van der Waals surface area contributed by atoms with Gasteiger partial charge in [0.15, 0.2) is 12.4 Å². The maximum atomic E-state index is 12.6. The second-order valence-electron chi connectivity index (χ2n) is 13.0. The molecular formula is C37H68O10. The summed E-state index contributed by atoms with van der Waals surface area (Å²) < 4.78 is 21.9. The van der Waals surface area contributed by atoms with Crippen molar-refractivity contribution in [3.63, 3.8) is 0 Å². The van der Waals surface area contributed by atoms with Crippen molar-refractivity contribution in [2.45, 2.75) is 192 Å². The number of aliphatic hydroxyl groups is 4. The molecule has 276 valence electrons. The van der Waals surface area contributed by atoms with Crippen LogP contribution in [0.4, 0.5) is 0 Å². The Hall–Kier alpha value is -1.56. The quantitative estimate of drug-likeness (QED) is 0.0381. The summed E-state index contributed by atoms with van der Waals surface area (Å²) in [5.41, 5.74) is 0. The lowest BCUT2D eigenvalue weighted by Gasteiger charge is -2.39. The number of ether oxygens (including phenoxy) is 4. The molecule has 10 heteroatoms. The molecule has 0 aromatic heterocycles. The minimum atomic E-state index is -1.59. The molecule has 1 fully saturated rings. The molecule has 0 bridgehead atoms. The minimum absolute atomic E-state index is 0.218.